The molecule has 1 unspecified atom stereocenters. The van der Waals surface area contributed by atoms with E-state index in [4.69, 9.17) is 0 Å². The molecule has 0 radical (unpaired) electrons. The summed E-state index contributed by atoms with van der Waals surface area (Å²) in [5.74, 6) is -4.41. The van der Waals surface area contributed by atoms with Gasteiger partial charge in [-0.05, 0) is 34.1 Å². The van der Waals surface area contributed by atoms with E-state index >= 15 is 0 Å². The van der Waals surface area contributed by atoms with Gasteiger partial charge >= 0.3 is 0 Å². The van der Waals surface area contributed by atoms with E-state index < -0.39 is 46.1 Å². The summed E-state index contributed by atoms with van der Waals surface area (Å²) >= 11 is 0. The Hall–Kier alpha value is -2.01. The number of Topliss-reactive ketones (excluding diaryl/α,β-unsaturated/α-hetero) is 3. The Bertz CT molecular complexity index is 670. The van der Waals surface area contributed by atoms with E-state index in [0.29, 0.717) is 0 Å². The Labute approximate surface area is 149 Å². The number of carbonyl (C=O) groups excluding carboxylic acids is 3. The minimum absolute atomic E-state index is 0.0805. The summed E-state index contributed by atoms with van der Waals surface area (Å²) in [7, 11) is 0. The third kappa shape index (κ3) is 4.15. The summed E-state index contributed by atoms with van der Waals surface area (Å²) in [6.07, 6.45) is 3.30. The number of aliphatic hydroxyl groups excluding tert-OH is 1. The summed E-state index contributed by atoms with van der Waals surface area (Å²) in [5.41, 5.74) is -0.996. The summed E-state index contributed by atoms with van der Waals surface area (Å²) in [4.78, 5) is 37.7. The molecule has 0 aromatic carbocycles. The molecule has 1 aliphatic carbocycles. The lowest BCUT2D eigenvalue weighted by Crippen LogP contribution is -2.46. The Morgan fingerprint density at radius 1 is 1.12 bits per heavy atom. The van der Waals surface area contributed by atoms with Crippen LogP contribution in [0.3, 0.4) is 0 Å². The van der Waals surface area contributed by atoms with E-state index in [1.807, 2.05) is 13.8 Å². The van der Waals surface area contributed by atoms with Gasteiger partial charge in [0, 0.05) is 12.3 Å². The predicted molar refractivity (Wildman–Crippen MR) is 96.0 cm³/mol. The zero-order chi connectivity index (χ0) is 19.5. The van der Waals surface area contributed by atoms with E-state index in [1.165, 1.54) is 0 Å². The van der Waals surface area contributed by atoms with E-state index in [0.717, 1.165) is 11.1 Å². The fourth-order valence-corrected chi connectivity index (χ4v) is 2.77. The zero-order valence-electron chi connectivity index (χ0n) is 15.8. The van der Waals surface area contributed by atoms with Crippen molar-refractivity contribution in [3.8, 4) is 0 Å². The summed E-state index contributed by atoms with van der Waals surface area (Å²) in [6.45, 7) is 10.5. The molecule has 5 heteroatoms. The first-order valence-corrected chi connectivity index (χ1v) is 8.49. The van der Waals surface area contributed by atoms with Crippen molar-refractivity contribution in [1.82, 2.24) is 0 Å². The van der Waals surface area contributed by atoms with Crippen LogP contribution in [0.25, 0.3) is 0 Å². The molecule has 5 nitrogen and oxygen atoms in total. The van der Waals surface area contributed by atoms with E-state index in [1.54, 1.807) is 39.8 Å². The molecular formula is C20H28O5. The number of ketones is 3. The average Bonchev–Trinajstić information content (AvgIpc) is 2.69. The maximum absolute atomic E-state index is 12.7. The van der Waals surface area contributed by atoms with Crippen molar-refractivity contribution >= 4 is 17.3 Å². The van der Waals surface area contributed by atoms with Crippen LogP contribution in [0.5, 0.6) is 0 Å². The second-order valence-corrected chi connectivity index (χ2v) is 7.35. The fraction of sp³-hybridized carbons (Fsp3) is 0.550. The lowest BCUT2D eigenvalue weighted by molar-refractivity contribution is -0.144. The van der Waals surface area contributed by atoms with Crippen LogP contribution in [0, 0.1) is 11.8 Å². The molecule has 0 saturated heterocycles. The molecule has 0 heterocycles. The largest absolute Gasteiger partial charge is 0.508 e. The smallest absolute Gasteiger partial charge is 0.191 e. The van der Waals surface area contributed by atoms with E-state index in [9.17, 15) is 24.6 Å². The zero-order valence-corrected chi connectivity index (χ0v) is 15.8. The van der Waals surface area contributed by atoms with Crippen LogP contribution >= 0.6 is 0 Å². The maximum Gasteiger partial charge on any atom is 0.191 e. The molecule has 0 spiro atoms. The highest BCUT2D eigenvalue weighted by atomic mass is 16.3. The van der Waals surface area contributed by atoms with Crippen molar-refractivity contribution < 1.29 is 24.6 Å². The van der Waals surface area contributed by atoms with Crippen molar-refractivity contribution in [1.29, 1.82) is 0 Å². The van der Waals surface area contributed by atoms with Gasteiger partial charge in [0.2, 0.25) is 0 Å². The van der Waals surface area contributed by atoms with Crippen molar-refractivity contribution in [2.45, 2.75) is 60.0 Å². The van der Waals surface area contributed by atoms with Gasteiger partial charge in [-0.25, -0.2) is 0 Å². The highest BCUT2D eigenvalue weighted by Gasteiger charge is 2.58. The molecule has 0 saturated carbocycles. The van der Waals surface area contributed by atoms with Crippen molar-refractivity contribution in [3.05, 3.63) is 34.6 Å². The fourth-order valence-electron chi connectivity index (χ4n) is 2.77. The minimum Gasteiger partial charge on any atom is -0.508 e. The quantitative estimate of drug-likeness (QED) is 0.544. The first-order chi connectivity index (χ1) is 11.4. The molecule has 0 aromatic rings. The van der Waals surface area contributed by atoms with Crippen molar-refractivity contribution in [3.63, 3.8) is 0 Å². The van der Waals surface area contributed by atoms with Gasteiger partial charge in [-0.3, -0.25) is 14.4 Å². The summed E-state index contributed by atoms with van der Waals surface area (Å²) < 4.78 is 0. The molecule has 25 heavy (non-hydrogen) atoms. The number of hydrogen-bond acceptors (Lipinski definition) is 5. The Kier molecular flexibility index (Phi) is 6.66. The van der Waals surface area contributed by atoms with Gasteiger partial charge in [-0.15, -0.1) is 0 Å². The topological polar surface area (TPSA) is 91.7 Å². The normalized spacial score (nSPS) is 23.0. The lowest BCUT2D eigenvalue weighted by Gasteiger charge is -2.27. The molecule has 0 aromatic heterocycles. The van der Waals surface area contributed by atoms with Gasteiger partial charge in [0.1, 0.15) is 11.3 Å². The first kappa shape index (κ1) is 21.0. The van der Waals surface area contributed by atoms with Crippen LogP contribution in [0.15, 0.2) is 34.6 Å². The van der Waals surface area contributed by atoms with Gasteiger partial charge in [-0.2, -0.15) is 0 Å². The standard InChI is InChI=1S/C20H28O5/c1-11(2)7-9-14-18(23)16(17(22)13(5)6)19(24)20(14,25)15(21)10-8-12(3)4/h7-8,13-14,24-25H,9-10H2,1-6H3/t14?,20-/m1/s1. The van der Waals surface area contributed by atoms with Crippen molar-refractivity contribution in [2.24, 2.45) is 11.8 Å². The molecule has 0 fully saturated rings. The number of rotatable bonds is 7. The molecule has 0 aliphatic heterocycles. The highest BCUT2D eigenvalue weighted by Crippen LogP contribution is 2.41. The summed E-state index contributed by atoms with van der Waals surface area (Å²) in [6, 6.07) is 0. The monoisotopic (exact) mass is 348 g/mol. The SMILES string of the molecule is CC(C)=CCC(=O)[C@@]1(O)C(O)=C(C(=O)C(C)C)C(=O)C1CC=C(C)C. The minimum atomic E-state index is -2.35. The van der Waals surface area contributed by atoms with Gasteiger partial charge in [0.15, 0.2) is 23.0 Å². The Morgan fingerprint density at radius 3 is 2.08 bits per heavy atom. The third-order valence-electron chi connectivity index (χ3n) is 4.32. The maximum atomic E-state index is 12.7. The van der Waals surface area contributed by atoms with Gasteiger partial charge in [-0.1, -0.05) is 37.1 Å². The molecule has 2 atom stereocenters. The lowest BCUT2D eigenvalue weighted by atomic mass is 9.81. The van der Waals surface area contributed by atoms with E-state index in [-0.39, 0.29) is 12.8 Å². The number of allylic oxidation sites excluding steroid dienone is 5. The number of aliphatic hydroxyl groups is 2. The van der Waals surface area contributed by atoms with Crippen LogP contribution in [0.1, 0.15) is 54.4 Å². The Morgan fingerprint density at radius 2 is 1.64 bits per heavy atom. The second kappa shape index (κ2) is 7.91. The Balaban J connectivity index is 3.45. The predicted octanol–water partition coefficient (Wildman–Crippen LogP) is 3.24. The first-order valence-electron chi connectivity index (χ1n) is 8.49. The highest BCUT2D eigenvalue weighted by molar-refractivity contribution is 6.26. The van der Waals surface area contributed by atoms with Crippen molar-refractivity contribution in [2.75, 3.05) is 0 Å². The average molecular weight is 348 g/mol. The molecule has 0 bridgehead atoms. The number of hydrogen-bond donors (Lipinski definition) is 2. The van der Waals surface area contributed by atoms with Crippen LogP contribution in [0.2, 0.25) is 0 Å². The second-order valence-electron chi connectivity index (χ2n) is 7.35. The molecular weight excluding hydrogens is 320 g/mol. The van der Waals surface area contributed by atoms with Crippen LogP contribution in [0.4, 0.5) is 0 Å². The molecule has 138 valence electrons. The van der Waals surface area contributed by atoms with Crippen LogP contribution < -0.4 is 0 Å². The van der Waals surface area contributed by atoms with Gasteiger partial charge < -0.3 is 10.2 Å². The molecule has 1 rings (SSSR count). The third-order valence-corrected chi connectivity index (χ3v) is 4.32. The van der Waals surface area contributed by atoms with Crippen LogP contribution in [-0.4, -0.2) is 33.2 Å². The molecule has 1 aliphatic rings. The molecule has 2 N–H and O–H groups in total. The molecule has 0 amide bonds. The van der Waals surface area contributed by atoms with Gasteiger partial charge in [0.25, 0.3) is 0 Å². The van der Waals surface area contributed by atoms with Crippen LogP contribution in [-0.2, 0) is 14.4 Å². The van der Waals surface area contributed by atoms with Gasteiger partial charge in [0.05, 0.1) is 5.92 Å². The van der Waals surface area contributed by atoms with E-state index in [2.05, 4.69) is 0 Å². The number of carbonyl (C=O) groups is 3. The summed E-state index contributed by atoms with van der Waals surface area (Å²) in [5, 5.41) is 21.5.